The van der Waals surface area contributed by atoms with E-state index in [0.717, 1.165) is 25.7 Å². The van der Waals surface area contributed by atoms with E-state index in [0.29, 0.717) is 5.92 Å². The molecule has 0 aromatic carbocycles. The van der Waals surface area contributed by atoms with Gasteiger partial charge >= 0.3 is 5.97 Å². The smallest absolute Gasteiger partial charge is 0.309 e. The van der Waals surface area contributed by atoms with Gasteiger partial charge in [0.25, 0.3) is 0 Å². The Balaban J connectivity index is 2.37. The maximum absolute atomic E-state index is 11.7. The van der Waals surface area contributed by atoms with E-state index >= 15 is 0 Å². The Morgan fingerprint density at radius 2 is 1.80 bits per heavy atom. The van der Waals surface area contributed by atoms with Crippen molar-refractivity contribution in [2.75, 3.05) is 6.61 Å². The lowest BCUT2D eigenvalue weighted by molar-refractivity contribution is -0.161. The summed E-state index contributed by atoms with van der Waals surface area (Å²) in [7, 11) is 0. The molecule has 0 heterocycles. The Morgan fingerprint density at radius 1 is 1.27 bits per heavy atom. The first-order valence-electron chi connectivity index (χ1n) is 5.76. The average Bonchev–Trinajstić information content (AvgIpc) is 2.15. The maximum atomic E-state index is 11.7. The molecule has 0 bridgehead atoms. The molecule has 1 fully saturated rings. The molecule has 1 rings (SSSR count). The van der Waals surface area contributed by atoms with Gasteiger partial charge in [-0.2, -0.15) is 0 Å². The van der Waals surface area contributed by atoms with Crippen LogP contribution in [0, 0.1) is 11.8 Å². The minimum atomic E-state index is -0.384. The van der Waals surface area contributed by atoms with Gasteiger partial charge in [-0.05, 0) is 52.4 Å². The third kappa shape index (κ3) is 4.20. The number of carbonyl (C=O) groups excluding carboxylic acids is 1. The standard InChI is InChI=1S/C12H22O3/c1-12(2,3)15-11(14)10-6-4-9(8-13)5-7-10/h9-10,13H,4-8H2,1-3H3. The highest BCUT2D eigenvalue weighted by Gasteiger charge is 2.29. The number of esters is 1. The van der Waals surface area contributed by atoms with Crippen LogP contribution >= 0.6 is 0 Å². The van der Waals surface area contributed by atoms with Crippen LogP contribution in [0.5, 0.6) is 0 Å². The van der Waals surface area contributed by atoms with Crippen molar-refractivity contribution in [2.24, 2.45) is 11.8 Å². The highest BCUT2D eigenvalue weighted by molar-refractivity contribution is 5.72. The Labute approximate surface area is 91.8 Å². The lowest BCUT2D eigenvalue weighted by Gasteiger charge is -2.28. The van der Waals surface area contributed by atoms with Crippen LogP contribution < -0.4 is 0 Å². The van der Waals surface area contributed by atoms with Gasteiger partial charge in [-0.25, -0.2) is 0 Å². The Hall–Kier alpha value is -0.570. The number of hydrogen-bond donors (Lipinski definition) is 1. The van der Waals surface area contributed by atoms with Gasteiger partial charge in [0, 0.05) is 6.61 Å². The van der Waals surface area contributed by atoms with Crippen molar-refractivity contribution in [3.63, 3.8) is 0 Å². The molecule has 3 heteroatoms. The molecule has 0 aromatic rings. The van der Waals surface area contributed by atoms with Crippen molar-refractivity contribution in [3.8, 4) is 0 Å². The molecular formula is C12H22O3. The lowest BCUT2D eigenvalue weighted by atomic mass is 9.82. The van der Waals surface area contributed by atoms with Crippen molar-refractivity contribution in [1.29, 1.82) is 0 Å². The van der Waals surface area contributed by atoms with Gasteiger partial charge in [0.15, 0.2) is 0 Å². The Bertz CT molecular complexity index is 209. The van der Waals surface area contributed by atoms with Crippen LogP contribution in [0.3, 0.4) is 0 Å². The minimum absolute atomic E-state index is 0.0482. The minimum Gasteiger partial charge on any atom is -0.460 e. The van der Waals surface area contributed by atoms with Crippen LogP contribution in [-0.2, 0) is 9.53 Å². The van der Waals surface area contributed by atoms with Crippen molar-refractivity contribution >= 4 is 5.97 Å². The molecule has 1 saturated carbocycles. The van der Waals surface area contributed by atoms with Crippen molar-refractivity contribution in [2.45, 2.75) is 52.1 Å². The number of aliphatic hydroxyl groups is 1. The van der Waals surface area contributed by atoms with E-state index in [1.807, 2.05) is 20.8 Å². The third-order valence-electron chi connectivity index (χ3n) is 2.85. The van der Waals surface area contributed by atoms with Gasteiger partial charge in [0.1, 0.15) is 5.60 Å². The first-order valence-corrected chi connectivity index (χ1v) is 5.76. The number of ether oxygens (including phenoxy) is 1. The second kappa shape index (κ2) is 4.97. The van der Waals surface area contributed by atoms with E-state index in [-0.39, 0.29) is 24.1 Å². The number of hydrogen-bond acceptors (Lipinski definition) is 3. The average molecular weight is 214 g/mol. The second-order valence-electron chi connectivity index (χ2n) is 5.43. The van der Waals surface area contributed by atoms with Crippen molar-refractivity contribution in [1.82, 2.24) is 0 Å². The Morgan fingerprint density at radius 3 is 2.20 bits per heavy atom. The molecule has 15 heavy (non-hydrogen) atoms. The lowest BCUT2D eigenvalue weighted by Crippen LogP contribution is -2.31. The molecule has 1 N–H and O–H groups in total. The van der Waals surface area contributed by atoms with Crippen LogP contribution in [0.4, 0.5) is 0 Å². The van der Waals surface area contributed by atoms with Gasteiger partial charge < -0.3 is 9.84 Å². The normalized spacial score (nSPS) is 27.5. The zero-order valence-electron chi connectivity index (χ0n) is 9.95. The third-order valence-corrected chi connectivity index (χ3v) is 2.85. The fraction of sp³-hybridized carbons (Fsp3) is 0.917. The van der Waals surface area contributed by atoms with Crippen LogP contribution in [0.25, 0.3) is 0 Å². The van der Waals surface area contributed by atoms with E-state index in [9.17, 15) is 4.79 Å². The summed E-state index contributed by atoms with van der Waals surface area (Å²) in [4.78, 5) is 11.7. The fourth-order valence-electron chi connectivity index (χ4n) is 1.97. The van der Waals surface area contributed by atoms with Crippen LogP contribution in [0.1, 0.15) is 46.5 Å². The Kier molecular flexibility index (Phi) is 4.14. The van der Waals surface area contributed by atoms with Crippen LogP contribution in [0.15, 0.2) is 0 Å². The first-order chi connectivity index (χ1) is 6.92. The first kappa shape index (κ1) is 12.5. The summed E-state index contributed by atoms with van der Waals surface area (Å²) in [6.07, 6.45) is 3.61. The molecule has 0 aromatic heterocycles. The zero-order valence-corrected chi connectivity index (χ0v) is 9.95. The van der Waals surface area contributed by atoms with E-state index in [1.165, 1.54) is 0 Å². The quantitative estimate of drug-likeness (QED) is 0.716. The van der Waals surface area contributed by atoms with Gasteiger partial charge in [-0.15, -0.1) is 0 Å². The molecule has 3 nitrogen and oxygen atoms in total. The predicted octanol–water partition coefficient (Wildman–Crippen LogP) is 2.13. The fourth-order valence-corrected chi connectivity index (χ4v) is 1.97. The van der Waals surface area contributed by atoms with E-state index < -0.39 is 0 Å². The highest BCUT2D eigenvalue weighted by atomic mass is 16.6. The molecule has 0 radical (unpaired) electrons. The summed E-state index contributed by atoms with van der Waals surface area (Å²) in [5.41, 5.74) is -0.384. The summed E-state index contributed by atoms with van der Waals surface area (Å²) in [6, 6.07) is 0. The second-order valence-corrected chi connectivity index (χ2v) is 5.43. The summed E-state index contributed by atoms with van der Waals surface area (Å²) >= 11 is 0. The molecular weight excluding hydrogens is 192 g/mol. The number of rotatable bonds is 2. The molecule has 0 aliphatic heterocycles. The topological polar surface area (TPSA) is 46.5 Å². The van der Waals surface area contributed by atoms with Gasteiger partial charge in [0.05, 0.1) is 5.92 Å². The van der Waals surface area contributed by atoms with Gasteiger partial charge in [-0.1, -0.05) is 0 Å². The molecule has 1 aliphatic rings. The van der Waals surface area contributed by atoms with Crippen LogP contribution in [0.2, 0.25) is 0 Å². The van der Waals surface area contributed by atoms with E-state index in [1.54, 1.807) is 0 Å². The summed E-state index contributed by atoms with van der Waals surface area (Å²) in [5, 5.41) is 8.99. The molecule has 0 unspecified atom stereocenters. The maximum Gasteiger partial charge on any atom is 0.309 e. The molecule has 0 atom stereocenters. The van der Waals surface area contributed by atoms with Crippen LogP contribution in [-0.4, -0.2) is 23.3 Å². The molecule has 0 amide bonds. The van der Waals surface area contributed by atoms with Gasteiger partial charge in [0.2, 0.25) is 0 Å². The molecule has 0 spiro atoms. The number of aliphatic hydroxyl groups excluding tert-OH is 1. The SMILES string of the molecule is CC(C)(C)OC(=O)C1CCC(CO)CC1. The monoisotopic (exact) mass is 214 g/mol. The highest BCUT2D eigenvalue weighted by Crippen LogP contribution is 2.30. The molecule has 0 saturated heterocycles. The van der Waals surface area contributed by atoms with Crippen molar-refractivity contribution < 1.29 is 14.6 Å². The van der Waals surface area contributed by atoms with Crippen molar-refractivity contribution in [3.05, 3.63) is 0 Å². The predicted molar refractivity (Wildman–Crippen MR) is 58.4 cm³/mol. The zero-order chi connectivity index (χ0) is 11.5. The molecule has 88 valence electrons. The van der Waals surface area contributed by atoms with Gasteiger partial charge in [-0.3, -0.25) is 4.79 Å². The molecule has 1 aliphatic carbocycles. The summed E-state index contributed by atoms with van der Waals surface area (Å²) in [6.45, 7) is 5.93. The van der Waals surface area contributed by atoms with E-state index in [2.05, 4.69) is 0 Å². The summed E-state index contributed by atoms with van der Waals surface area (Å²) in [5.74, 6) is 0.370. The number of carbonyl (C=O) groups is 1. The largest absolute Gasteiger partial charge is 0.460 e. The van der Waals surface area contributed by atoms with E-state index in [4.69, 9.17) is 9.84 Å². The summed E-state index contributed by atoms with van der Waals surface area (Å²) < 4.78 is 5.34.